The molecule has 0 aliphatic heterocycles. The zero-order valence-electron chi connectivity index (χ0n) is 22.8. The molecule has 0 fully saturated rings. The molecule has 1 amide bonds. The molecule has 4 aromatic rings. The highest BCUT2D eigenvalue weighted by molar-refractivity contribution is 5.98. The maximum atomic E-state index is 14.3. The summed E-state index contributed by atoms with van der Waals surface area (Å²) in [5, 5.41) is 12.0. The standard InChI is InChI=1S/C29H29F2N3O7/c1-5-40-13-15-8-22(38-3)24(23(9-15)39-4)18-7-6-16(26-27(18)41-14(2)33-26)10-21(29(36)37)34-28(35)25-19(30)11-17(32)12-20(25)31/h6-9,11-12,21H,5,10,13,32H2,1-4H3,(H,34,35)(H,36,37)/t21-/m0/s1. The summed E-state index contributed by atoms with van der Waals surface area (Å²) in [6.45, 7) is 4.41. The van der Waals surface area contributed by atoms with E-state index in [9.17, 15) is 23.5 Å². The molecular formula is C29H29F2N3O7. The van der Waals surface area contributed by atoms with E-state index >= 15 is 0 Å². The normalized spacial score (nSPS) is 11.9. The van der Waals surface area contributed by atoms with Gasteiger partial charge in [-0.3, -0.25) is 4.79 Å². The topological polar surface area (TPSA) is 146 Å². The summed E-state index contributed by atoms with van der Waals surface area (Å²) < 4.78 is 51.4. The van der Waals surface area contributed by atoms with Crippen LogP contribution in [0.1, 0.15) is 34.3 Å². The molecule has 1 atom stereocenters. The maximum absolute atomic E-state index is 14.3. The van der Waals surface area contributed by atoms with Gasteiger partial charge in [0.25, 0.3) is 5.91 Å². The van der Waals surface area contributed by atoms with Crippen LogP contribution in [0.3, 0.4) is 0 Å². The smallest absolute Gasteiger partial charge is 0.326 e. The molecule has 0 bridgehead atoms. The second kappa shape index (κ2) is 12.2. The number of methoxy groups -OCH3 is 2. The van der Waals surface area contributed by atoms with Crippen LogP contribution >= 0.6 is 0 Å². The number of anilines is 1. The minimum absolute atomic E-state index is 0.215. The van der Waals surface area contributed by atoms with Crippen molar-refractivity contribution in [1.29, 1.82) is 0 Å². The zero-order valence-corrected chi connectivity index (χ0v) is 22.8. The number of nitrogen functional groups attached to an aromatic ring is 1. The van der Waals surface area contributed by atoms with Crippen LogP contribution in [0.25, 0.3) is 22.2 Å². The molecule has 0 saturated heterocycles. The number of fused-ring (bicyclic) bond motifs is 1. The molecule has 1 aromatic heterocycles. The van der Waals surface area contributed by atoms with Crippen molar-refractivity contribution < 1.29 is 42.1 Å². The molecule has 1 heterocycles. The van der Waals surface area contributed by atoms with Crippen molar-refractivity contribution in [2.75, 3.05) is 26.6 Å². The van der Waals surface area contributed by atoms with E-state index in [1.54, 1.807) is 19.1 Å². The van der Waals surface area contributed by atoms with Crippen molar-refractivity contribution >= 4 is 28.7 Å². The van der Waals surface area contributed by atoms with Gasteiger partial charge in [-0.05, 0) is 48.4 Å². The van der Waals surface area contributed by atoms with Crippen LogP contribution in [-0.2, 0) is 22.6 Å². The van der Waals surface area contributed by atoms with Gasteiger partial charge in [-0.1, -0.05) is 6.07 Å². The first-order valence-electron chi connectivity index (χ1n) is 12.6. The Balaban J connectivity index is 1.74. The first kappa shape index (κ1) is 29.3. The van der Waals surface area contributed by atoms with Gasteiger partial charge in [0.15, 0.2) is 11.5 Å². The van der Waals surface area contributed by atoms with Gasteiger partial charge in [0.2, 0.25) is 0 Å². The molecule has 0 spiro atoms. The van der Waals surface area contributed by atoms with E-state index < -0.39 is 35.1 Å². The molecule has 4 N–H and O–H groups in total. The monoisotopic (exact) mass is 569 g/mol. The van der Waals surface area contributed by atoms with Crippen molar-refractivity contribution in [3.8, 4) is 22.6 Å². The van der Waals surface area contributed by atoms with E-state index in [0.717, 1.165) is 17.7 Å². The van der Waals surface area contributed by atoms with Crippen molar-refractivity contribution in [2.24, 2.45) is 0 Å². The number of nitrogens with one attached hydrogen (secondary N) is 1. The molecule has 41 heavy (non-hydrogen) atoms. The lowest BCUT2D eigenvalue weighted by Gasteiger charge is -2.18. The molecule has 0 aliphatic rings. The lowest BCUT2D eigenvalue weighted by molar-refractivity contribution is -0.139. The fourth-order valence-electron chi connectivity index (χ4n) is 4.52. The number of nitrogens with zero attached hydrogens (tertiary/aromatic N) is 1. The van der Waals surface area contributed by atoms with E-state index in [4.69, 9.17) is 24.4 Å². The fraction of sp³-hybridized carbons (Fsp3) is 0.276. The molecule has 0 radical (unpaired) electrons. The molecule has 0 unspecified atom stereocenters. The van der Waals surface area contributed by atoms with Crippen LogP contribution in [0.2, 0.25) is 0 Å². The van der Waals surface area contributed by atoms with Crippen LogP contribution in [0.15, 0.2) is 40.8 Å². The van der Waals surface area contributed by atoms with Gasteiger partial charge in [0.1, 0.15) is 40.3 Å². The van der Waals surface area contributed by atoms with Gasteiger partial charge in [0, 0.05) is 31.2 Å². The summed E-state index contributed by atoms with van der Waals surface area (Å²) in [5.41, 5.74) is 7.34. The third-order valence-corrected chi connectivity index (χ3v) is 6.36. The summed E-state index contributed by atoms with van der Waals surface area (Å²) in [7, 11) is 3.04. The number of amides is 1. The van der Waals surface area contributed by atoms with Crippen molar-refractivity contribution in [1.82, 2.24) is 10.3 Å². The van der Waals surface area contributed by atoms with Gasteiger partial charge < -0.3 is 34.8 Å². The number of rotatable bonds is 11. The Morgan fingerprint density at radius 1 is 1.10 bits per heavy atom. The second-order valence-corrected chi connectivity index (χ2v) is 9.12. The Kier molecular flexibility index (Phi) is 8.72. The SMILES string of the molecule is CCOCc1cc(OC)c(-c2ccc(C[C@H](NC(=O)c3c(F)cc(N)cc3F)C(=O)O)c3nc(C)oc23)c(OC)c1. The Morgan fingerprint density at radius 2 is 1.73 bits per heavy atom. The summed E-state index contributed by atoms with van der Waals surface area (Å²) in [6, 6.07) is 6.99. The van der Waals surface area contributed by atoms with Crippen molar-refractivity contribution in [2.45, 2.75) is 32.9 Å². The van der Waals surface area contributed by atoms with Crippen LogP contribution in [-0.4, -0.2) is 48.8 Å². The summed E-state index contributed by atoms with van der Waals surface area (Å²) in [5.74, 6) is -3.79. The van der Waals surface area contributed by atoms with E-state index in [1.807, 2.05) is 19.1 Å². The third-order valence-electron chi connectivity index (χ3n) is 6.36. The van der Waals surface area contributed by atoms with Gasteiger partial charge >= 0.3 is 5.97 Å². The molecule has 3 aromatic carbocycles. The van der Waals surface area contributed by atoms with Gasteiger partial charge in [-0.25, -0.2) is 18.6 Å². The zero-order chi connectivity index (χ0) is 29.8. The van der Waals surface area contributed by atoms with Gasteiger partial charge in [-0.2, -0.15) is 0 Å². The van der Waals surface area contributed by atoms with Crippen LogP contribution in [0.5, 0.6) is 11.5 Å². The number of hydrogen-bond acceptors (Lipinski definition) is 8. The van der Waals surface area contributed by atoms with E-state index in [2.05, 4.69) is 10.3 Å². The van der Waals surface area contributed by atoms with E-state index in [-0.39, 0.29) is 12.1 Å². The highest BCUT2D eigenvalue weighted by Crippen LogP contribution is 2.43. The number of ether oxygens (including phenoxy) is 3. The highest BCUT2D eigenvalue weighted by atomic mass is 19.1. The molecule has 0 aliphatic carbocycles. The number of aryl methyl sites for hydroxylation is 1. The number of hydrogen-bond donors (Lipinski definition) is 3. The van der Waals surface area contributed by atoms with Crippen LogP contribution in [0.4, 0.5) is 14.5 Å². The van der Waals surface area contributed by atoms with Crippen molar-refractivity contribution in [3.63, 3.8) is 0 Å². The Bertz CT molecular complexity index is 1570. The minimum atomic E-state index is -1.55. The predicted octanol–water partition coefficient (Wildman–Crippen LogP) is 4.64. The number of aliphatic carboxylic acids is 1. The number of carboxylic acid groups (broad SMARTS) is 1. The number of oxazole rings is 1. The molecule has 4 rings (SSSR count). The highest BCUT2D eigenvalue weighted by Gasteiger charge is 2.28. The largest absolute Gasteiger partial charge is 0.496 e. The lowest BCUT2D eigenvalue weighted by Crippen LogP contribution is -2.43. The van der Waals surface area contributed by atoms with E-state index in [1.165, 1.54) is 14.2 Å². The summed E-state index contributed by atoms with van der Waals surface area (Å²) in [6.07, 6.45) is -0.260. The molecule has 0 saturated carbocycles. The van der Waals surface area contributed by atoms with Crippen molar-refractivity contribution in [3.05, 3.63) is 70.6 Å². The number of nitrogens with two attached hydrogens (primary N) is 1. The minimum Gasteiger partial charge on any atom is -0.496 e. The van der Waals surface area contributed by atoms with E-state index in [0.29, 0.717) is 58.4 Å². The van der Waals surface area contributed by atoms with Gasteiger partial charge in [0.05, 0.1) is 26.4 Å². The van der Waals surface area contributed by atoms with Crippen LogP contribution < -0.4 is 20.5 Å². The Labute approximate surface area is 234 Å². The average Bonchev–Trinajstić information content (AvgIpc) is 3.32. The molecule has 10 nitrogen and oxygen atoms in total. The molecule has 216 valence electrons. The molecule has 12 heteroatoms. The summed E-state index contributed by atoms with van der Waals surface area (Å²) in [4.78, 5) is 29.2. The second-order valence-electron chi connectivity index (χ2n) is 9.12. The number of halogens is 2. The van der Waals surface area contributed by atoms with Crippen LogP contribution in [0, 0.1) is 18.6 Å². The number of aromatic nitrogens is 1. The first-order valence-corrected chi connectivity index (χ1v) is 12.6. The Hall–Kier alpha value is -4.71. The summed E-state index contributed by atoms with van der Waals surface area (Å²) >= 11 is 0. The fourth-order valence-corrected chi connectivity index (χ4v) is 4.52. The first-order chi connectivity index (χ1) is 19.6. The number of carboxylic acids is 1. The number of carbonyl (C=O) groups excluding carboxylic acids is 1. The number of benzene rings is 3. The quantitative estimate of drug-likeness (QED) is 0.220. The maximum Gasteiger partial charge on any atom is 0.326 e. The average molecular weight is 570 g/mol. The molecular weight excluding hydrogens is 540 g/mol. The predicted molar refractivity (Wildman–Crippen MR) is 146 cm³/mol. The lowest BCUT2D eigenvalue weighted by atomic mass is 9.96. The Morgan fingerprint density at radius 3 is 2.29 bits per heavy atom. The number of carbonyl (C=O) groups is 2. The third kappa shape index (κ3) is 6.07. The van der Waals surface area contributed by atoms with Gasteiger partial charge in [-0.15, -0.1) is 0 Å².